The summed E-state index contributed by atoms with van der Waals surface area (Å²) in [5.74, 6) is 1.95. The molecule has 44 heavy (non-hydrogen) atoms. The first kappa shape index (κ1) is 27.1. The minimum Gasteiger partial charge on any atom is -0.252 e. The molecule has 1 heterocycles. The molecule has 0 spiro atoms. The van der Waals surface area contributed by atoms with Crippen molar-refractivity contribution in [2.75, 3.05) is 0 Å². The molecule has 1 aromatic heterocycles. The van der Waals surface area contributed by atoms with E-state index in [9.17, 15) is 0 Å². The molecular weight excluding hydrogens is 536 g/mol. The first-order valence-electron chi connectivity index (χ1n) is 14.7. The molecule has 0 aliphatic rings. The second kappa shape index (κ2) is 11.9. The molecule has 7 aromatic rings. The Morgan fingerprint density at radius 3 is 1.50 bits per heavy atom. The van der Waals surface area contributed by atoms with Crippen molar-refractivity contribution >= 4 is 22.2 Å². The summed E-state index contributed by atoms with van der Waals surface area (Å²) in [6.45, 7) is 4.20. The van der Waals surface area contributed by atoms with Crippen LogP contribution in [-0.2, 0) is 0 Å². The predicted octanol–water partition coefficient (Wildman–Crippen LogP) is 10.1. The maximum absolute atomic E-state index is 5.11. The molecule has 0 N–H and O–H groups in total. The van der Waals surface area contributed by atoms with E-state index in [2.05, 4.69) is 80.6 Å². The molecule has 6 aromatic carbocycles. The molecule has 0 aliphatic heterocycles. The minimum absolute atomic E-state index is 0.645. The van der Waals surface area contributed by atoms with Gasteiger partial charge < -0.3 is 0 Å². The molecule has 0 radical (unpaired) electrons. The van der Waals surface area contributed by atoms with Crippen LogP contribution in [0.2, 0.25) is 0 Å². The van der Waals surface area contributed by atoms with Crippen molar-refractivity contribution in [3.05, 3.63) is 157 Å². The van der Waals surface area contributed by atoms with Crippen LogP contribution < -0.4 is 0 Å². The van der Waals surface area contributed by atoms with E-state index >= 15 is 0 Å². The lowest BCUT2D eigenvalue weighted by Crippen LogP contribution is -2.00. The van der Waals surface area contributed by atoms with E-state index in [-0.39, 0.29) is 0 Å². The van der Waals surface area contributed by atoms with Crippen LogP contribution >= 0.6 is 0 Å². The lowest BCUT2D eigenvalue weighted by molar-refractivity contribution is 1.07. The number of benzene rings is 6. The van der Waals surface area contributed by atoms with Crippen LogP contribution in [0.15, 0.2) is 151 Å². The maximum Gasteiger partial charge on any atom is 0.164 e. The van der Waals surface area contributed by atoms with E-state index in [4.69, 9.17) is 19.9 Å². The number of hydrogen-bond acceptors (Lipinski definition) is 4. The molecule has 0 saturated carbocycles. The molecule has 210 valence electrons. The van der Waals surface area contributed by atoms with Crippen molar-refractivity contribution in [1.82, 2.24) is 15.0 Å². The van der Waals surface area contributed by atoms with Crippen molar-refractivity contribution in [2.24, 2.45) is 4.99 Å². The van der Waals surface area contributed by atoms with Crippen LogP contribution in [-0.4, -0.2) is 20.7 Å². The maximum atomic E-state index is 5.11. The van der Waals surface area contributed by atoms with Gasteiger partial charge in [-0.25, -0.2) is 15.0 Å². The van der Waals surface area contributed by atoms with E-state index in [1.165, 1.54) is 5.39 Å². The van der Waals surface area contributed by atoms with Crippen LogP contribution in [0.1, 0.15) is 18.1 Å². The highest BCUT2D eigenvalue weighted by Gasteiger charge is 2.13. The van der Waals surface area contributed by atoms with E-state index in [1.54, 1.807) is 0 Å². The monoisotopic (exact) mass is 566 g/mol. The van der Waals surface area contributed by atoms with Crippen molar-refractivity contribution < 1.29 is 0 Å². The summed E-state index contributed by atoms with van der Waals surface area (Å²) in [6, 6.07) is 49.8. The molecule has 4 heteroatoms. The van der Waals surface area contributed by atoms with Gasteiger partial charge in [0.25, 0.3) is 0 Å². The summed E-state index contributed by atoms with van der Waals surface area (Å²) in [6.07, 6.45) is 0. The lowest BCUT2D eigenvalue weighted by atomic mass is 9.97. The van der Waals surface area contributed by atoms with Gasteiger partial charge in [-0.1, -0.05) is 140 Å². The van der Waals surface area contributed by atoms with Crippen LogP contribution in [0.4, 0.5) is 5.69 Å². The quantitative estimate of drug-likeness (QED) is 0.188. The molecule has 0 bridgehead atoms. The van der Waals surface area contributed by atoms with Crippen LogP contribution in [0.5, 0.6) is 0 Å². The Labute approximate surface area is 257 Å². The number of rotatable bonds is 6. The number of aliphatic imine (C=N–C) groups is 1. The van der Waals surface area contributed by atoms with Crippen molar-refractivity contribution in [3.63, 3.8) is 0 Å². The molecular formula is C40H30N4. The molecule has 0 saturated heterocycles. The number of nitrogens with zero attached hydrogens (tertiary/aromatic N) is 4. The van der Waals surface area contributed by atoms with Gasteiger partial charge in [0.15, 0.2) is 17.5 Å². The predicted molar refractivity (Wildman–Crippen MR) is 182 cm³/mol. The lowest BCUT2D eigenvalue weighted by Gasteiger charge is -2.11. The second-order valence-corrected chi connectivity index (χ2v) is 10.8. The summed E-state index contributed by atoms with van der Waals surface area (Å²) in [5, 5.41) is 2.31. The molecule has 0 amide bonds. The zero-order valence-electron chi connectivity index (χ0n) is 24.6. The average molecular weight is 567 g/mol. The number of aryl methyl sites for hydroxylation is 1. The van der Waals surface area contributed by atoms with Gasteiger partial charge in [0, 0.05) is 27.8 Å². The largest absolute Gasteiger partial charge is 0.252 e. The summed E-state index contributed by atoms with van der Waals surface area (Å²) >= 11 is 0. The Morgan fingerprint density at radius 2 is 0.932 bits per heavy atom. The highest BCUT2D eigenvalue weighted by atomic mass is 15.0. The van der Waals surface area contributed by atoms with Crippen molar-refractivity contribution in [1.29, 1.82) is 0 Å². The first-order valence-corrected chi connectivity index (χ1v) is 14.7. The summed E-state index contributed by atoms with van der Waals surface area (Å²) in [5.41, 5.74) is 9.38. The number of aromatic nitrogens is 3. The van der Waals surface area contributed by atoms with Gasteiger partial charge in [-0.05, 0) is 47.6 Å². The Bertz CT molecular complexity index is 2040. The van der Waals surface area contributed by atoms with Crippen LogP contribution in [0.25, 0.3) is 56.1 Å². The SMILES string of the molecule is CC(=Nc1c(C)ccc2ccc(-c3ccc(-c4nc(-c5ccccc5)nc(-c5ccccc5)n4)cc3)cc12)c1ccccc1. The standard InChI is InChI=1S/C40H30N4/c1-27-18-19-31-22-25-35(26-36(31)37(27)41-28(2)29-12-6-3-7-13-29)30-20-23-34(24-21-30)40-43-38(32-14-8-4-9-15-32)42-39(44-40)33-16-10-5-11-17-33/h3-26H,1-2H3. The Hall–Kier alpha value is -5.74. The highest BCUT2D eigenvalue weighted by Crippen LogP contribution is 2.35. The van der Waals surface area contributed by atoms with Crippen LogP contribution in [0, 0.1) is 6.92 Å². The smallest absolute Gasteiger partial charge is 0.164 e. The molecule has 0 unspecified atom stereocenters. The van der Waals surface area contributed by atoms with E-state index in [1.807, 2.05) is 78.9 Å². The van der Waals surface area contributed by atoms with Gasteiger partial charge in [0.05, 0.1) is 5.69 Å². The Balaban J connectivity index is 1.27. The van der Waals surface area contributed by atoms with Gasteiger partial charge in [-0.2, -0.15) is 0 Å². The molecule has 0 fully saturated rings. The normalized spacial score (nSPS) is 11.5. The summed E-state index contributed by atoms with van der Waals surface area (Å²) in [7, 11) is 0. The highest BCUT2D eigenvalue weighted by molar-refractivity contribution is 6.04. The molecule has 7 rings (SSSR count). The van der Waals surface area contributed by atoms with Gasteiger partial charge in [-0.15, -0.1) is 0 Å². The fourth-order valence-corrected chi connectivity index (χ4v) is 5.40. The fourth-order valence-electron chi connectivity index (χ4n) is 5.40. The zero-order chi connectivity index (χ0) is 29.9. The third kappa shape index (κ3) is 5.53. The zero-order valence-corrected chi connectivity index (χ0v) is 24.6. The number of hydrogen-bond donors (Lipinski definition) is 0. The fraction of sp³-hybridized carbons (Fsp3) is 0.0500. The number of fused-ring (bicyclic) bond motifs is 1. The molecule has 0 atom stereocenters. The third-order valence-corrected chi connectivity index (χ3v) is 7.84. The van der Waals surface area contributed by atoms with Crippen LogP contribution in [0.3, 0.4) is 0 Å². The Morgan fingerprint density at radius 1 is 0.477 bits per heavy atom. The minimum atomic E-state index is 0.645. The summed E-state index contributed by atoms with van der Waals surface area (Å²) in [4.78, 5) is 19.7. The molecule has 0 aliphatic carbocycles. The van der Waals surface area contributed by atoms with E-state index in [0.717, 1.165) is 55.7 Å². The Kier molecular flexibility index (Phi) is 7.31. The van der Waals surface area contributed by atoms with Crippen molar-refractivity contribution in [2.45, 2.75) is 13.8 Å². The van der Waals surface area contributed by atoms with E-state index in [0.29, 0.717) is 17.5 Å². The van der Waals surface area contributed by atoms with Gasteiger partial charge in [0.1, 0.15) is 0 Å². The first-order chi connectivity index (χ1) is 21.6. The third-order valence-electron chi connectivity index (χ3n) is 7.84. The molecule has 4 nitrogen and oxygen atoms in total. The van der Waals surface area contributed by atoms with Gasteiger partial charge in [0.2, 0.25) is 0 Å². The van der Waals surface area contributed by atoms with Crippen molar-refractivity contribution in [3.8, 4) is 45.3 Å². The second-order valence-electron chi connectivity index (χ2n) is 10.8. The van der Waals surface area contributed by atoms with Gasteiger partial charge in [-0.3, -0.25) is 4.99 Å². The van der Waals surface area contributed by atoms with Gasteiger partial charge >= 0.3 is 0 Å². The summed E-state index contributed by atoms with van der Waals surface area (Å²) < 4.78 is 0. The van der Waals surface area contributed by atoms with E-state index < -0.39 is 0 Å². The average Bonchev–Trinajstić information content (AvgIpc) is 3.10. The topological polar surface area (TPSA) is 51.0 Å².